The zero-order chi connectivity index (χ0) is 14.2. The van der Waals surface area contributed by atoms with Crippen LogP contribution in [-0.2, 0) is 4.79 Å². The van der Waals surface area contributed by atoms with E-state index in [2.05, 4.69) is 10.6 Å². The summed E-state index contributed by atoms with van der Waals surface area (Å²) in [7, 11) is 0. The molecule has 0 radical (unpaired) electrons. The Balaban J connectivity index is 1.42. The van der Waals surface area contributed by atoms with Gasteiger partial charge in [0, 0.05) is 17.8 Å². The fourth-order valence-electron chi connectivity index (χ4n) is 3.72. The van der Waals surface area contributed by atoms with Crippen LogP contribution in [0.25, 0.3) is 0 Å². The number of nitrogens with one attached hydrogen (secondary N) is 2. The lowest BCUT2D eigenvalue weighted by Gasteiger charge is -2.24. The summed E-state index contributed by atoms with van der Waals surface area (Å²) >= 11 is 0. The number of amides is 1. The van der Waals surface area contributed by atoms with Crippen LogP contribution in [-0.4, -0.2) is 24.8 Å². The Morgan fingerprint density at radius 1 is 1.19 bits per heavy atom. The molecule has 3 unspecified atom stereocenters. The topological polar surface area (TPSA) is 59.6 Å². The molecule has 21 heavy (non-hydrogen) atoms. The number of hydrogen-bond donors (Lipinski definition) is 2. The summed E-state index contributed by atoms with van der Waals surface area (Å²) in [4.78, 5) is 12.4. The predicted molar refractivity (Wildman–Crippen MR) is 78.5 cm³/mol. The highest BCUT2D eigenvalue weighted by molar-refractivity contribution is 5.95. The van der Waals surface area contributed by atoms with Crippen molar-refractivity contribution in [3.05, 3.63) is 18.2 Å². The number of benzene rings is 1. The molecule has 3 aliphatic rings. The average Bonchev–Trinajstić information content (AvgIpc) is 3.13. The Kier molecular flexibility index (Phi) is 3.22. The molecule has 1 aliphatic carbocycles. The average molecular weight is 288 g/mol. The van der Waals surface area contributed by atoms with E-state index >= 15 is 0 Å². The highest BCUT2D eigenvalue weighted by Crippen LogP contribution is 2.35. The molecule has 0 bridgehead atoms. The molecular formula is C16H20N2O3. The molecule has 1 aromatic carbocycles. The maximum atomic E-state index is 12.4. The highest BCUT2D eigenvalue weighted by atomic mass is 16.7. The molecule has 2 heterocycles. The van der Waals surface area contributed by atoms with Crippen molar-refractivity contribution in [3.8, 4) is 11.5 Å². The highest BCUT2D eigenvalue weighted by Gasteiger charge is 2.38. The molecule has 5 nitrogen and oxygen atoms in total. The van der Waals surface area contributed by atoms with Gasteiger partial charge in [0.25, 0.3) is 0 Å². The smallest absolute Gasteiger partial charge is 0.241 e. The number of hydrogen-bond acceptors (Lipinski definition) is 4. The van der Waals surface area contributed by atoms with E-state index in [0.29, 0.717) is 17.7 Å². The number of anilines is 1. The fraction of sp³-hybridized carbons (Fsp3) is 0.562. The summed E-state index contributed by atoms with van der Waals surface area (Å²) in [5.74, 6) is 2.16. The second kappa shape index (κ2) is 5.22. The van der Waals surface area contributed by atoms with Gasteiger partial charge in [0.1, 0.15) is 0 Å². The van der Waals surface area contributed by atoms with Gasteiger partial charge < -0.3 is 20.1 Å². The van der Waals surface area contributed by atoms with Crippen LogP contribution in [0.4, 0.5) is 5.69 Å². The molecule has 0 spiro atoms. The Morgan fingerprint density at radius 2 is 2.05 bits per heavy atom. The van der Waals surface area contributed by atoms with Gasteiger partial charge in [0.05, 0.1) is 6.04 Å². The minimum atomic E-state index is -0.0662. The van der Waals surface area contributed by atoms with Crippen LogP contribution in [0, 0.1) is 5.92 Å². The molecule has 2 fully saturated rings. The summed E-state index contributed by atoms with van der Waals surface area (Å²) in [6.45, 7) is 0.250. The third kappa shape index (κ3) is 2.46. The zero-order valence-corrected chi connectivity index (χ0v) is 11.9. The van der Waals surface area contributed by atoms with E-state index in [1.807, 2.05) is 18.2 Å². The molecule has 5 heteroatoms. The molecule has 2 aliphatic heterocycles. The molecule has 112 valence electrons. The molecule has 1 saturated heterocycles. The number of ether oxygens (including phenoxy) is 2. The van der Waals surface area contributed by atoms with Gasteiger partial charge in [-0.15, -0.1) is 0 Å². The van der Waals surface area contributed by atoms with Crippen molar-refractivity contribution in [2.45, 2.75) is 44.2 Å². The molecule has 0 aromatic heterocycles. The lowest BCUT2D eigenvalue weighted by molar-refractivity contribution is -0.117. The maximum Gasteiger partial charge on any atom is 0.241 e. The molecule has 4 rings (SSSR count). The van der Waals surface area contributed by atoms with Crippen molar-refractivity contribution in [1.29, 1.82) is 0 Å². The van der Waals surface area contributed by atoms with Crippen molar-refractivity contribution in [2.24, 2.45) is 5.92 Å². The van der Waals surface area contributed by atoms with E-state index in [1.54, 1.807) is 0 Å². The van der Waals surface area contributed by atoms with E-state index in [9.17, 15) is 4.79 Å². The van der Waals surface area contributed by atoms with Gasteiger partial charge >= 0.3 is 0 Å². The van der Waals surface area contributed by atoms with Gasteiger partial charge in [0.15, 0.2) is 11.5 Å². The van der Waals surface area contributed by atoms with E-state index < -0.39 is 0 Å². The Bertz CT molecular complexity index is 546. The molecule has 3 atom stereocenters. The first-order valence-electron chi connectivity index (χ1n) is 7.76. The van der Waals surface area contributed by atoms with Gasteiger partial charge in [-0.3, -0.25) is 4.79 Å². The van der Waals surface area contributed by atoms with E-state index in [1.165, 1.54) is 25.7 Å². The Morgan fingerprint density at radius 3 is 2.95 bits per heavy atom. The third-order valence-electron chi connectivity index (χ3n) is 4.82. The number of rotatable bonds is 2. The first-order valence-corrected chi connectivity index (χ1v) is 7.76. The molecular weight excluding hydrogens is 268 g/mol. The van der Waals surface area contributed by atoms with Crippen molar-refractivity contribution >= 4 is 11.6 Å². The first kappa shape index (κ1) is 13.0. The third-order valence-corrected chi connectivity index (χ3v) is 4.82. The zero-order valence-electron chi connectivity index (χ0n) is 11.9. The quantitative estimate of drug-likeness (QED) is 0.876. The Labute approximate surface area is 124 Å². The molecule has 1 saturated carbocycles. The van der Waals surface area contributed by atoms with Gasteiger partial charge in [-0.2, -0.15) is 0 Å². The second-order valence-electron chi connectivity index (χ2n) is 6.16. The van der Waals surface area contributed by atoms with Gasteiger partial charge in [-0.25, -0.2) is 0 Å². The largest absolute Gasteiger partial charge is 0.454 e. The minimum absolute atomic E-state index is 0.0586. The van der Waals surface area contributed by atoms with Crippen LogP contribution in [0.1, 0.15) is 32.1 Å². The first-order chi connectivity index (χ1) is 10.3. The monoisotopic (exact) mass is 288 g/mol. The fourth-order valence-corrected chi connectivity index (χ4v) is 3.72. The summed E-state index contributed by atoms with van der Waals surface area (Å²) in [6.07, 6.45) is 6.01. The minimum Gasteiger partial charge on any atom is -0.454 e. The van der Waals surface area contributed by atoms with Gasteiger partial charge in [0.2, 0.25) is 12.7 Å². The van der Waals surface area contributed by atoms with Crippen molar-refractivity contribution in [2.75, 3.05) is 12.1 Å². The van der Waals surface area contributed by atoms with E-state index in [4.69, 9.17) is 9.47 Å². The van der Waals surface area contributed by atoms with Crippen LogP contribution >= 0.6 is 0 Å². The second-order valence-corrected chi connectivity index (χ2v) is 6.16. The summed E-state index contributed by atoms with van der Waals surface area (Å²) in [5, 5.41) is 6.48. The lowest BCUT2D eigenvalue weighted by Crippen LogP contribution is -2.39. The van der Waals surface area contributed by atoms with E-state index in [0.717, 1.165) is 17.9 Å². The van der Waals surface area contributed by atoms with Gasteiger partial charge in [-0.05, 0) is 37.3 Å². The Hall–Kier alpha value is -1.75. The van der Waals surface area contributed by atoms with Crippen LogP contribution in [0.2, 0.25) is 0 Å². The van der Waals surface area contributed by atoms with Crippen molar-refractivity contribution in [3.63, 3.8) is 0 Å². The normalized spacial score (nSPS) is 30.0. The summed E-state index contributed by atoms with van der Waals surface area (Å²) < 4.78 is 10.6. The number of fused-ring (bicyclic) bond motifs is 2. The van der Waals surface area contributed by atoms with Crippen molar-refractivity contribution in [1.82, 2.24) is 5.32 Å². The molecule has 2 N–H and O–H groups in total. The SMILES string of the molecule is O=C(Nc1ccc2c(c1)OCO2)C1CC2CCCCC2N1. The van der Waals surface area contributed by atoms with Crippen molar-refractivity contribution < 1.29 is 14.3 Å². The number of carbonyl (C=O) groups is 1. The summed E-state index contributed by atoms with van der Waals surface area (Å²) in [5.41, 5.74) is 0.765. The number of carbonyl (C=O) groups excluding carboxylic acids is 1. The maximum absolute atomic E-state index is 12.4. The summed E-state index contributed by atoms with van der Waals surface area (Å²) in [6, 6.07) is 5.98. The predicted octanol–water partition coefficient (Wildman–Crippen LogP) is 2.27. The van der Waals surface area contributed by atoms with Gasteiger partial charge in [-0.1, -0.05) is 12.8 Å². The standard InChI is InChI=1S/C16H20N2O3/c19-16(13-7-10-3-1-2-4-12(10)18-13)17-11-5-6-14-15(8-11)21-9-20-14/h5-6,8,10,12-13,18H,1-4,7,9H2,(H,17,19). The van der Waals surface area contributed by atoms with Crippen LogP contribution < -0.4 is 20.1 Å². The lowest BCUT2D eigenvalue weighted by atomic mass is 9.85. The van der Waals surface area contributed by atoms with Crippen LogP contribution in [0.5, 0.6) is 11.5 Å². The molecule has 1 amide bonds. The van der Waals surface area contributed by atoms with Crippen LogP contribution in [0.3, 0.4) is 0 Å². The van der Waals surface area contributed by atoms with E-state index in [-0.39, 0.29) is 18.7 Å². The van der Waals surface area contributed by atoms with Crippen LogP contribution in [0.15, 0.2) is 18.2 Å². The molecule has 1 aromatic rings.